The number of likely N-dealkylation sites (N-methyl/N-ethyl adjacent to an activating group) is 1. The minimum absolute atomic E-state index is 0.0622. The monoisotopic (exact) mass is 397 g/mol. The van der Waals surface area contributed by atoms with Crippen LogP contribution in [0.5, 0.6) is 0 Å². The van der Waals surface area contributed by atoms with Gasteiger partial charge >= 0.3 is 12.0 Å². The lowest BCUT2D eigenvalue weighted by Crippen LogP contribution is -2.56. The molecule has 1 fully saturated rings. The molecule has 1 aliphatic rings. The summed E-state index contributed by atoms with van der Waals surface area (Å²) in [4.78, 5) is 24.6. The van der Waals surface area contributed by atoms with E-state index in [-0.39, 0.29) is 24.7 Å². The van der Waals surface area contributed by atoms with Crippen LogP contribution >= 0.6 is 15.9 Å². The molecule has 1 saturated carbocycles. The first-order chi connectivity index (χ1) is 11.5. The SMILES string of the molecule is CCN(CC(=O)O)C1CC(NC(=O)NCCc2cccc(Br)c2)C1. The molecular formula is C17H24BrN3O3. The number of nitrogens with one attached hydrogen (secondary N) is 2. The third kappa shape index (κ3) is 5.79. The zero-order chi connectivity index (χ0) is 17.5. The fraction of sp³-hybridized carbons (Fsp3) is 0.529. The molecule has 3 N–H and O–H groups in total. The van der Waals surface area contributed by atoms with Crippen molar-refractivity contribution < 1.29 is 14.7 Å². The maximum atomic E-state index is 11.9. The van der Waals surface area contributed by atoms with Gasteiger partial charge in [0, 0.05) is 23.1 Å². The summed E-state index contributed by atoms with van der Waals surface area (Å²) in [5, 5.41) is 14.7. The van der Waals surface area contributed by atoms with E-state index < -0.39 is 5.97 Å². The van der Waals surface area contributed by atoms with Gasteiger partial charge in [0.1, 0.15) is 0 Å². The predicted octanol–water partition coefficient (Wildman–Crippen LogP) is 2.23. The predicted molar refractivity (Wildman–Crippen MR) is 96.1 cm³/mol. The lowest BCUT2D eigenvalue weighted by Gasteiger charge is -2.42. The maximum Gasteiger partial charge on any atom is 0.317 e. The number of benzene rings is 1. The molecule has 1 aromatic rings. The number of nitrogens with zero attached hydrogens (tertiary/aromatic N) is 1. The average Bonchev–Trinajstić information content (AvgIpc) is 2.48. The van der Waals surface area contributed by atoms with Gasteiger partial charge in [-0.2, -0.15) is 0 Å². The Labute approximate surface area is 150 Å². The molecule has 132 valence electrons. The van der Waals surface area contributed by atoms with E-state index in [4.69, 9.17) is 5.11 Å². The Bertz CT molecular complexity index is 576. The molecule has 0 radical (unpaired) electrons. The second-order valence-corrected chi connectivity index (χ2v) is 6.97. The van der Waals surface area contributed by atoms with E-state index in [1.54, 1.807) is 0 Å². The van der Waals surface area contributed by atoms with E-state index in [2.05, 4.69) is 26.6 Å². The number of carbonyl (C=O) groups excluding carboxylic acids is 1. The van der Waals surface area contributed by atoms with Crippen LogP contribution in [-0.2, 0) is 11.2 Å². The highest BCUT2D eigenvalue weighted by Gasteiger charge is 2.34. The highest BCUT2D eigenvalue weighted by Crippen LogP contribution is 2.25. The molecule has 2 rings (SSSR count). The van der Waals surface area contributed by atoms with E-state index in [0.717, 1.165) is 23.7 Å². The largest absolute Gasteiger partial charge is 0.480 e. The highest BCUT2D eigenvalue weighted by atomic mass is 79.9. The van der Waals surface area contributed by atoms with Crippen LogP contribution in [0.2, 0.25) is 0 Å². The average molecular weight is 398 g/mol. The normalized spacial score (nSPS) is 19.6. The second-order valence-electron chi connectivity index (χ2n) is 6.06. The molecule has 0 heterocycles. The third-order valence-electron chi connectivity index (χ3n) is 4.30. The Hall–Kier alpha value is -1.60. The first kappa shape index (κ1) is 18.7. The molecule has 0 aliphatic heterocycles. The first-order valence-corrected chi connectivity index (χ1v) is 9.02. The first-order valence-electron chi connectivity index (χ1n) is 8.22. The molecule has 2 amide bonds. The standard InChI is InChI=1S/C17H24BrN3O3/c1-2-21(11-16(22)23)15-9-14(10-15)20-17(24)19-7-6-12-4-3-5-13(18)8-12/h3-5,8,14-15H,2,6-7,9-11H2,1H3,(H,22,23)(H2,19,20,24). The fourth-order valence-corrected chi connectivity index (χ4v) is 3.37. The number of amides is 2. The zero-order valence-electron chi connectivity index (χ0n) is 13.8. The van der Waals surface area contributed by atoms with Crippen LogP contribution in [0.4, 0.5) is 4.79 Å². The summed E-state index contributed by atoms with van der Waals surface area (Å²) in [6.07, 6.45) is 2.39. The Kier molecular flexibility index (Phi) is 7.05. The van der Waals surface area contributed by atoms with E-state index in [9.17, 15) is 9.59 Å². The van der Waals surface area contributed by atoms with Crippen molar-refractivity contribution in [2.75, 3.05) is 19.6 Å². The minimum Gasteiger partial charge on any atom is -0.480 e. The number of hydrogen-bond acceptors (Lipinski definition) is 3. The number of hydrogen-bond donors (Lipinski definition) is 3. The summed E-state index contributed by atoms with van der Waals surface area (Å²) in [5.74, 6) is -0.807. The lowest BCUT2D eigenvalue weighted by atomic mass is 9.85. The van der Waals surface area contributed by atoms with Gasteiger partial charge in [-0.3, -0.25) is 9.69 Å². The molecule has 1 aliphatic carbocycles. The number of carboxylic acids is 1. The van der Waals surface area contributed by atoms with Gasteiger partial charge in [0.15, 0.2) is 0 Å². The lowest BCUT2D eigenvalue weighted by molar-refractivity contribution is -0.139. The Morgan fingerprint density at radius 2 is 2.12 bits per heavy atom. The zero-order valence-corrected chi connectivity index (χ0v) is 15.4. The topological polar surface area (TPSA) is 81.7 Å². The van der Waals surface area contributed by atoms with Crippen molar-refractivity contribution in [3.8, 4) is 0 Å². The quantitative estimate of drug-likeness (QED) is 0.627. The molecule has 0 atom stereocenters. The number of carboxylic acid groups (broad SMARTS) is 1. The van der Waals surface area contributed by atoms with Crippen LogP contribution in [-0.4, -0.2) is 53.7 Å². The number of rotatable bonds is 8. The van der Waals surface area contributed by atoms with Crippen molar-refractivity contribution >= 4 is 27.9 Å². The molecule has 7 heteroatoms. The van der Waals surface area contributed by atoms with Crippen LogP contribution in [0.25, 0.3) is 0 Å². The van der Waals surface area contributed by atoms with Gasteiger partial charge in [-0.25, -0.2) is 4.79 Å². The van der Waals surface area contributed by atoms with Crippen LogP contribution in [0.15, 0.2) is 28.7 Å². The van der Waals surface area contributed by atoms with Gasteiger partial charge < -0.3 is 15.7 Å². The van der Waals surface area contributed by atoms with Crippen LogP contribution in [0.3, 0.4) is 0 Å². The molecule has 0 unspecified atom stereocenters. The molecule has 0 aromatic heterocycles. The third-order valence-corrected chi connectivity index (χ3v) is 4.79. The molecule has 6 nitrogen and oxygen atoms in total. The summed E-state index contributed by atoms with van der Waals surface area (Å²) in [6, 6.07) is 8.24. The molecule has 1 aromatic carbocycles. The molecular weight excluding hydrogens is 374 g/mol. The second kappa shape index (κ2) is 9.03. The number of halogens is 1. The van der Waals surface area contributed by atoms with Gasteiger partial charge in [-0.05, 0) is 43.5 Å². The fourth-order valence-electron chi connectivity index (χ4n) is 2.93. The Morgan fingerprint density at radius 1 is 1.38 bits per heavy atom. The minimum atomic E-state index is -0.807. The van der Waals surface area contributed by atoms with Gasteiger partial charge in [-0.15, -0.1) is 0 Å². The van der Waals surface area contributed by atoms with Crippen LogP contribution < -0.4 is 10.6 Å². The number of carbonyl (C=O) groups is 2. The molecule has 0 saturated heterocycles. The van der Waals surface area contributed by atoms with Crippen molar-refractivity contribution in [3.63, 3.8) is 0 Å². The van der Waals surface area contributed by atoms with Crippen molar-refractivity contribution in [3.05, 3.63) is 34.3 Å². The number of aliphatic carboxylic acids is 1. The summed E-state index contributed by atoms with van der Waals surface area (Å²) in [6.45, 7) is 3.31. The van der Waals surface area contributed by atoms with Crippen molar-refractivity contribution in [2.24, 2.45) is 0 Å². The van der Waals surface area contributed by atoms with Crippen molar-refractivity contribution in [2.45, 2.75) is 38.3 Å². The van der Waals surface area contributed by atoms with Gasteiger partial charge in [-0.1, -0.05) is 35.0 Å². The van der Waals surface area contributed by atoms with Crippen molar-refractivity contribution in [1.29, 1.82) is 0 Å². The molecule has 24 heavy (non-hydrogen) atoms. The van der Waals surface area contributed by atoms with E-state index in [0.29, 0.717) is 13.1 Å². The van der Waals surface area contributed by atoms with Crippen LogP contribution in [0, 0.1) is 0 Å². The number of urea groups is 1. The van der Waals surface area contributed by atoms with Gasteiger partial charge in [0.2, 0.25) is 0 Å². The Morgan fingerprint density at radius 3 is 2.75 bits per heavy atom. The van der Waals surface area contributed by atoms with E-state index in [1.807, 2.05) is 36.1 Å². The molecule has 0 spiro atoms. The summed E-state index contributed by atoms with van der Waals surface area (Å²) in [7, 11) is 0. The van der Waals surface area contributed by atoms with Gasteiger partial charge in [0.05, 0.1) is 6.54 Å². The van der Waals surface area contributed by atoms with Gasteiger partial charge in [0.25, 0.3) is 0 Å². The van der Waals surface area contributed by atoms with Crippen LogP contribution in [0.1, 0.15) is 25.3 Å². The maximum absolute atomic E-state index is 11.9. The Balaban J connectivity index is 1.63. The summed E-state index contributed by atoms with van der Waals surface area (Å²) < 4.78 is 1.03. The van der Waals surface area contributed by atoms with E-state index in [1.165, 1.54) is 5.56 Å². The van der Waals surface area contributed by atoms with Crippen molar-refractivity contribution in [1.82, 2.24) is 15.5 Å². The smallest absolute Gasteiger partial charge is 0.317 e. The summed E-state index contributed by atoms with van der Waals surface area (Å²) >= 11 is 3.43. The highest BCUT2D eigenvalue weighted by molar-refractivity contribution is 9.10. The molecule has 0 bridgehead atoms. The summed E-state index contributed by atoms with van der Waals surface area (Å²) in [5.41, 5.74) is 1.17. The van der Waals surface area contributed by atoms with E-state index >= 15 is 0 Å².